The van der Waals surface area contributed by atoms with E-state index in [9.17, 15) is 0 Å². The molecule has 1 aromatic rings. The lowest BCUT2D eigenvalue weighted by molar-refractivity contribution is 0.143. The van der Waals surface area contributed by atoms with Crippen molar-refractivity contribution in [2.75, 3.05) is 39.8 Å². The first-order chi connectivity index (χ1) is 10.7. The average molecular weight is 433 g/mol. The second kappa shape index (κ2) is 10.9. The molecule has 5 nitrogen and oxygen atoms in total. The van der Waals surface area contributed by atoms with Crippen LogP contribution in [0.3, 0.4) is 0 Å². The SMILES string of the molecule is CN=C(NCCN1CC(C)CC(C)C1)NCCn1cccc1.I. The molecule has 1 saturated heterocycles. The monoisotopic (exact) mass is 433 g/mol. The second-order valence-electron chi connectivity index (χ2n) is 6.55. The van der Waals surface area contributed by atoms with Crippen LogP contribution in [0.2, 0.25) is 0 Å². The summed E-state index contributed by atoms with van der Waals surface area (Å²) in [6.07, 6.45) is 5.53. The number of hydrogen-bond donors (Lipinski definition) is 2. The molecule has 132 valence electrons. The predicted octanol–water partition coefficient (Wildman–Crippen LogP) is 2.25. The molecular weight excluding hydrogens is 401 g/mol. The van der Waals surface area contributed by atoms with Crippen LogP contribution in [0.25, 0.3) is 0 Å². The van der Waals surface area contributed by atoms with Gasteiger partial charge in [0.15, 0.2) is 5.96 Å². The second-order valence-corrected chi connectivity index (χ2v) is 6.55. The van der Waals surface area contributed by atoms with Gasteiger partial charge in [-0.05, 0) is 30.4 Å². The molecule has 0 amide bonds. The molecule has 2 N–H and O–H groups in total. The fraction of sp³-hybridized carbons (Fsp3) is 0.706. The molecule has 1 aliphatic rings. The van der Waals surface area contributed by atoms with E-state index in [1.54, 1.807) is 0 Å². The largest absolute Gasteiger partial charge is 0.355 e. The van der Waals surface area contributed by atoms with Crippen molar-refractivity contribution < 1.29 is 0 Å². The van der Waals surface area contributed by atoms with Crippen LogP contribution in [0.15, 0.2) is 29.5 Å². The lowest BCUT2D eigenvalue weighted by Crippen LogP contribution is -2.45. The highest BCUT2D eigenvalue weighted by atomic mass is 127. The van der Waals surface area contributed by atoms with Gasteiger partial charge in [-0.1, -0.05) is 13.8 Å². The Balaban J connectivity index is 0.00000264. The summed E-state index contributed by atoms with van der Waals surface area (Å²) in [6.45, 7) is 11.0. The van der Waals surface area contributed by atoms with Crippen LogP contribution >= 0.6 is 24.0 Å². The first kappa shape index (κ1) is 20.3. The number of likely N-dealkylation sites (tertiary alicyclic amines) is 1. The van der Waals surface area contributed by atoms with Crippen molar-refractivity contribution >= 4 is 29.9 Å². The summed E-state index contributed by atoms with van der Waals surface area (Å²) in [5, 5.41) is 6.78. The summed E-state index contributed by atoms with van der Waals surface area (Å²) in [6, 6.07) is 4.10. The minimum atomic E-state index is 0. The number of nitrogens with zero attached hydrogens (tertiary/aromatic N) is 3. The van der Waals surface area contributed by atoms with Gasteiger partial charge in [0, 0.05) is 58.7 Å². The highest BCUT2D eigenvalue weighted by Crippen LogP contribution is 2.20. The van der Waals surface area contributed by atoms with Crippen LogP contribution in [0.5, 0.6) is 0 Å². The van der Waals surface area contributed by atoms with Crippen LogP contribution in [0.4, 0.5) is 0 Å². The standard InChI is InChI=1S/C17H31N5.HI/c1-15-12-16(2)14-22(13-15)11-7-20-17(18-3)19-6-10-21-8-4-5-9-21;/h4-5,8-9,15-16H,6-7,10-14H2,1-3H3,(H2,18,19,20);1H. The molecule has 0 saturated carbocycles. The lowest BCUT2D eigenvalue weighted by Gasteiger charge is -2.35. The summed E-state index contributed by atoms with van der Waals surface area (Å²) in [4.78, 5) is 6.85. The van der Waals surface area contributed by atoms with E-state index in [1.165, 1.54) is 19.5 Å². The van der Waals surface area contributed by atoms with Crippen LogP contribution in [0.1, 0.15) is 20.3 Å². The molecule has 0 radical (unpaired) electrons. The van der Waals surface area contributed by atoms with E-state index >= 15 is 0 Å². The highest BCUT2D eigenvalue weighted by molar-refractivity contribution is 14.0. The molecule has 2 unspecified atom stereocenters. The molecule has 1 aliphatic heterocycles. The third-order valence-corrected chi connectivity index (χ3v) is 4.22. The number of hydrogen-bond acceptors (Lipinski definition) is 2. The van der Waals surface area contributed by atoms with Gasteiger partial charge in [-0.25, -0.2) is 0 Å². The quantitative estimate of drug-likeness (QED) is 0.411. The van der Waals surface area contributed by atoms with Gasteiger partial charge in [0.1, 0.15) is 0 Å². The molecule has 2 heterocycles. The van der Waals surface area contributed by atoms with Gasteiger partial charge in [-0.15, -0.1) is 24.0 Å². The van der Waals surface area contributed by atoms with Crippen molar-refractivity contribution in [3.05, 3.63) is 24.5 Å². The zero-order valence-corrected chi connectivity index (χ0v) is 17.0. The van der Waals surface area contributed by atoms with Gasteiger partial charge in [-0.2, -0.15) is 0 Å². The number of rotatable bonds is 6. The molecule has 0 bridgehead atoms. The maximum absolute atomic E-state index is 4.29. The first-order valence-electron chi connectivity index (χ1n) is 8.45. The first-order valence-corrected chi connectivity index (χ1v) is 8.45. The van der Waals surface area contributed by atoms with Crippen LogP contribution < -0.4 is 10.6 Å². The smallest absolute Gasteiger partial charge is 0.191 e. The van der Waals surface area contributed by atoms with Gasteiger partial charge in [0.2, 0.25) is 0 Å². The Bertz CT molecular complexity index is 436. The molecule has 0 spiro atoms. The Morgan fingerprint density at radius 2 is 1.61 bits per heavy atom. The Kier molecular flexibility index (Phi) is 9.62. The third kappa shape index (κ3) is 7.56. The van der Waals surface area contributed by atoms with Crippen molar-refractivity contribution in [2.45, 2.75) is 26.8 Å². The highest BCUT2D eigenvalue weighted by Gasteiger charge is 2.21. The predicted molar refractivity (Wildman–Crippen MR) is 109 cm³/mol. The molecule has 0 aromatic carbocycles. The summed E-state index contributed by atoms with van der Waals surface area (Å²) in [5.74, 6) is 2.54. The van der Waals surface area contributed by atoms with Crippen LogP contribution in [0, 0.1) is 11.8 Å². The lowest BCUT2D eigenvalue weighted by atomic mass is 9.92. The molecular formula is C17H32IN5. The molecule has 23 heavy (non-hydrogen) atoms. The Labute approximate surface area is 157 Å². The summed E-state index contributed by atoms with van der Waals surface area (Å²) < 4.78 is 2.16. The molecule has 2 atom stereocenters. The van der Waals surface area contributed by atoms with E-state index in [-0.39, 0.29) is 24.0 Å². The summed E-state index contributed by atoms with van der Waals surface area (Å²) in [7, 11) is 1.83. The van der Waals surface area contributed by atoms with Gasteiger partial charge < -0.3 is 20.1 Å². The topological polar surface area (TPSA) is 44.6 Å². The number of piperidine rings is 1. The van der Waals surface area contributed by atoms with E-state index < -0.39 is 0 Å². The minimum absolute atomic E-state index is 0. The number of aliphatic imine (C=N–C) groups is 1. The van der Waals surface area contributed by atoms with Gasteiger partial charge in [-0.3, -0.25) is 4.99 Å². The van der Waals surface area contributed by atoms with Gasteiger partial charge in [0.05, 0.1) is 0 Å². The number of nitrogens with one attached hydrogen (secondary N) is 2. The fourth-order valence-electron chi connectivity index (χ4n) is 3.35. The molecule has 2 rings (SSSR count). The van der Waals surface area contributed by atoms with Gasteiger partial charge >= 0.3 is 0 Å². The van der Waals surface area contributed by atoms with Gasteiger partial charge in [0.25, 0.3) is 0 Å². The minimum Gasteiger partial charge on any atom is -0.355 e. The third-order valence-electron chi connectivity index (χ3n) is 4.22. The maximum Gasteiger partial charge on any atom is 0.191 e. The maximum atomic E-state index is 4.29. The number of aromatic nitrogens is 1. The van der Waals surface area contributed by atoms with Crippen LogP contribution in [-0.4, -0.2) is 55.2 Å². The van der Waals surface area contributed by atoms with Crippen molar-refractivity contribution in [1.82, 2.24) is 20.1 Å². The van der Waals surface area contributed by atoms with Crippen molar-refractivity contribution in [3.63, 3.8) is 0 Å². The van der Waals surface area contributed by atoms with Crippen LogP contribution in [-0.2, 0) is 6.54 Å². The normalized spacial score (nSPS) is 22.5. The number of guanidine groups is 1. The summed E-state index contributed by atoms with van der Waals surface area (Å²) >= 11 is 0. The Hall–Kier alpha value is -0.760. The Morgan fingerprint density at radius 1 is 1.04 bits per heavy atom. The zero-order chi connectivity index (χ0) is 15.8. The van der Waals surface area contributed by atoms with Crippen molar-refractivity contribution in [2.24, 2.45) is 16.8 Å². The van der Waals surface area contributed by atoms with E-state index in [2.05, 4.69) is 51.3 Å². The fourth-order valence-corrected chi connectivity index (χ4v) is 3.35. The zero-order valence-electron chi connectivity index (χ0n) is 14.7. The summed E-state index contributed by atoms with van der Waals surface area (Å²) in [5.41, 5.74) is 0. The van der Waals surface area contributed by atoms with Crippen molar-refractivity contribution in [3.8, 4) is 0 Å². The average Bonchev–Trinajstić information content (AvgIpc) is 2.98. The van der Waals surface area contributed by atoms with E-state index in [4.69, 9.17) is 0 Å². The molecule has 1 aromatic heterocycles. The van der Waals surface area contributed by atoms with E-state index in [0.717, 1.165) is 44.0 Å². The van der Waals surface area contributed by atoms with E-state index in [0.29, 0.717) is 0 Å². The van der Waals surface area contributed by atoms with Crippen molar-refractivity contribution in [1.29, 1.82) is 0 Å². The Morgan fingerprint density at radius 3 is 2.17 bits per heavy atom. The molecule has 0 aliphatic carbocycles. The number of halogens is 1. The van der Waals surface area contributed by atoms with E-state index in [1.807, 2.05) is 19.2 Å². The molecule has 6 heteroatoms. The molecule has 1 fully saturated rings.